The normalized spacial score (nSPS) is 13.9. The first-order valence-electron chi connectivity index (χ1n) is 8.10. The molecule has 2 aromatic carbocycles. The van der Waals surface area contributed by atoms with Crippen molar-refractivity contribution in [3.63, 3.8) is 0 Å². The Labute approximate surface area is 148 Å². The second-order valence-corrected chi connectivity index (χ2v) is 6.85. The Balaban J connectivity index is 1.94. The van der Waals surface area contributed by atoms with Crippen LogP contribution >= 0.6 is 15.9 Å². The molecule has 0 fully saturated rings. The van der Waals surface area contributed by atoms with Gasteiger partial charge in [-0.1, -0.05) is 34.1 Å². The van der Waals surface area contributed by atoms with Gasteiger partial charge in [0, 0.05) is 22.1 Å². The molecule has 1 aliphatic heterocycles. The van der Waals surface area contributed by atoms with Crippen LogP contribution in [0.3, 0.4) is 0 Å². The maximum Gasteiger partial charge on any atom is 0.133 e. The topological polar surface area (TPSA) is 29.9 Å². The summed E-state index contributed by atoms with van der Waals surface area (Å²) in [5.74, 6) is 0.743. The van der Waals surface area contributed by atoms with E-state index in [0.717, 1.165) is 53.0 Å². The number of aromatic nitrogens is 2. The predicted octanol–water partition coefficient (Wildman–Crippen LogP) is 5.19. The van der Waals surface area contributed by atoms with E-state index in [-0.39, 0.29) is 5.82 Å². The zero-order valence-corrected chi connectivity index (χ0v) is 14.7. The van der Waals surface area contributed by atoms with Crippen molar-refractivity contribution in [3.8, 4) is 16.9 Å². The Morgan fingerprint density at radius 1 is 1.08 bits per heavy atom. The van der Waals surface area contributed by atoms with Gasteiger partial charge >= 0.3 is 0 Å². The van der Waals surface area contributed by atoms with Crippen molar-refractivity contribution in [1.29, 1.82) is 0 Å². The van der Waals surface area contributed by atoms with Crippen LogP contribution in [-0.4, -0.2) is 16.3 Å². The fourth-order valence-electron chi connectivity index (χ4n) is 3.17. The Morgan fingerprint density at radius 3 is 2.79 bits per heavy atom. The van der Waals surface area contributed by atoms with Gasteiger partial charge in [0.1, 0.15) is 17.3 Å². The summed E-state index contributed by atoms with van der Waals surface area (Å²) in [5, 5.41) is 8.25. The molecule has 4 rings (SSSR count). The average molecular weight is 386 g/mol. The molecule has 1 aromatic heterocycles. The summed E-state index contributed by atoms with van der Waals surface area (Å²) in [5.41, 5.74) is 3.35. The lowest BCUT2D eigenvalue weighted by molar-refractivity contribution is 0.630. The van der Waals surface area contributed by atoms with E-state index in [4.69, 9.17) is 5.10 Å². The van der Waals surface area contributed by atoms with Gasteiger partial charge in [-0.2, -0.15) is 5.10 Å². The number of hydrogen-bond donors (Lipinski definition) is 1. The zero-order valence-electron chi connectivity index (χ0n) is 13.1. The lowest BCUT2D eigenvalue weighted by Crippen LogP contribution is -2.07. The molecular weight excluding hydrogens is 369 g/mol. The van der Waals surface area contributed by atoms with E-state index in [1.165, 1.54) is 6.07 Å². The monoisotopic (exact) mass is 385 g/mol. The number of nitrogens with one attached hydrogen (secondary N) is 1. The van der Waals surface area contributed by atoms with Crippen molar-refractivity contribution < 1.29 is 4.39 Å². The van der Waals surface area contributed by atoms with Gasteiger partial charge in [-0.3, -0.25) is 0 Å². The molecule has 0 atom stereocenters. The fraction of sp³-hybridized carbons (Fsp3) is 0.211. The van der Waals surface area contributed by atoms with E-state index in [2.05, 4.69) is 21.2 Å². The van der Waals surface area contributed by atoms with E-state index in [0.29, 0.717) is 5.56 Å². The molecule has 1 aliphatic rings. The van der Waals surface area contributed by atoms with E-state index >= 15 is 0 Å². The minimum Gasteiger partial charge on any atom is -0.370 e. The number of hydrogen-bond acceptors (Lipinski definition) is 2. The quantitative estimate of drug-likeness (QED) is 0.657. The van der Waals surface area contributed by atoms with Crippen molar-refractivity contribution >= 4 is 21.7 Å². The van der Waals surface area contributed by atoms with Crippen molar-refractivity contribution in [3.05, 3.63) is 64.4 Å². The van der Waals surface area contributed by atoms with E-state index in [1.54, 1.807) is 12.1 Å². The van der Waals surface area contributed by atoms with Crippen LogP contribution in [0.2, 0.25) is 0 Å². The molecule has 1 N–H and O–H groups in total. The summed E-state index contributed by atoms with van der Waals surface area (Å²) < 4.78 is 17.2. The largest absolute Gasteiger partial charge is 0.370 e. The molecule has 0 unspecified atom stereocenters. The smallest absolute Gasteiger partial charge is 0.133 e. The molecule has 5 heteroatoms. The third kappa shape index (κ3) is 2.73. The maximum atomic E-state index is 14.3. The van der Waals surface area contributed by atoms with Crippen molar-refractivity contribution in [2.24, 2.45) is 0 Å². The maximum absolute atomic E-state index is 14.3. The van der Waals surface area contributed by atoms with Crippen molar-refractivity contribution in [2.75, 3.05) is 11.9 Å². The van der Waals surface area contributed by atoms with Crippen LogP contribution in [0.25, 0.3) is 16.9 Å². The van der Waals surface area contributed by atoms with E-state index < -0.39 is 0 Å². The predicted molar refractivity (Wildman–Crippen MR) is 98.1 cm³/mol. The number of anilines is 1. The molecule has 0 saturated heterocycles. The molecule has 2 heterocycles. The minimum absolute atomic E-state index is 0.233. The number of fused-ring (bicyclic) bond motifs is 1. The van der Waals surface area contributed by atoms with Gasteiger partial charge < -0.3 is 5.32 Å². The summed E-state index contributed by atoms with van der Waals surface area (Å²) in [6.07, 6.45) is 3.08. The van der Waals surface area contributed by atoms with Gasteiger partial charge in [0.15, 0.2) is 0 Å². The molecule has 0 amide bonds. The van der Waals surface area contributed by atoms with Gasteiger partial charge in [-0.15, -0.1) is 0 Å². The standard InChI is InChI=1S/C19H17BrFN3/c20-13-6-5-7-14(12-13)24-19-16(9-3-4-11-22-19)18(23-24)15-8-1-2-10-17(15)21/h1-2,5-8,10,12,22H,3-4,9,11H2. The summed E-state index contributed by atoms with van der Waals surface area (Å²) in [6.45, 7) is 0.906. The second-order valence-electron chi connectivity index (χ2n) is 5.93. The summed E-state index contributed by atoms with van der Waals surface area (Å²) in [4.78, 5) is 0. The van der Waals surface area contributed by atoms with Gasteiger partial charge in [0.05, 0.1) is 5.69 Å². The highest BCUT2D eigenvalue weighted by atomic mass is 79.9. The highest BCUT2D eigenvalue weighted by Crippen LogP contribution is 2.35. The molecule has 122 valence electrons. The number of halogens is 2. The molecule has 0 spiro atoms. The van der Waals surface area contributed by atoms with Crippen LogP contribution in [0.4, 0.5) is 10.2 Å². The Hall–Kier alpha value is -2.14. The van der Waals surface area contributed by atoms with Crippen molar-refractivity contribution in [2.45, 2.75) is 19.3 Å². The lowest BCUT2D eigenvalue weighted by atomic mass is 10.0. The first-order chi connectivity index (χ1) is 11.7. The zero-order chi connectivity index (χ0) is 16.5. The van der Waals surface area contributed by atoms with Gasteiger partial charge in [0.2, 0.25) is 0 Å². The third-order valence-corrected chi connectivity index (χ3v) is 4.80. The van der Waals surface area contributed by atoms with Gasteiger partial charge in [0.25, 0.3) is 0 Å². The molecule has 0 saturated carbocycles. The Kier molecular flexibility index (Phi) is 4.10. The Morgan fingerprint density at radius 2 is 1.96 bits per heavy atom. The van der Waals surface area contributed by atoms with E-state index in [1.807, 2.05) is 35.0 Å². The van der Waals surface area contributed by atoms with Crippen LogP contribution in [0.5, 0.6) is 0 Å². The first-order valence-corrected chi connectivity index (χ1v) is 8.90. The first kappa shape index (κ1) is 15.4. The fourth-order valence-corrected chi connectivity index (χ4v) is 3.55. The summed E-state index contributed by atoms with van der Waals surface area (Å²) in [7, 11) is 0. The van der Waals surface area contributed by atoms with Gasteiger partial charge in [-0.05, 0) is 49.6 Å². The third-order valence-electron chi connectivity index (χ3n) is 4.31. The molecule has 24 heavy (non-hydrogen) atoms. The van der Waals surface area contributed by atoms with Gasteiger partial charge in [-0.25, -0.2) is 9.07 Å². The molecule has 3 nitrogen and oxygen atoms in total. The Bertz CT molecular complexity index is 888. The SMILES string of the molecule is Fc1ccccc1-c1nn(-c2cccc(Br)c2)c2c1CCCCN2. The van der Waals surface area contributed by atoms with E-state index in [9.17, 15) is 4.39 Å². The number of rotatable bonds is 2. The number of benzene rings is 2. The molecule has 0 bridgehead atoms. The highest BCUT2D eigenvalue weighted by molar-refractivity contribution is 9.10. The summed E-state index contributed by atoms with van der Waals surface area (Å²) in [6, 6.07) is 14.8. The second kappa shape index (κ2) is 6.40. The van der Waals surface area contributed by atoms with Crippen LogP contribution in [-0.2, 0) is 6.42 Å². The average Bonchev–Trinajstić information content (AvgIpc) is 2.77. The molecular formula is C19H17BrFN3. The minimum atomic E-state index is -0.233. The molecule has 3 aromatic rings. The van der Waals surface area contributed by atoms with Crippen LogP contribution in [0.15, 0.2) is 53.0 Å². The molecule has 0 aliphatic carbocycles. The number of nitrogens with zero attached hydrogens (tertiary/aromatic N) is 2. The van der Waals surface area contributed by atoms with Crippen LogP contribution < -0.4 is 5.32 Å². The summed E-state index contributed by atoms with van der Waals surface area (Å²) >= 11 is 3.51. The lowest BCUT2D eigenvalue weighted by Gasteiger charge is -2.09. The van der Waals surface area contributed by atoms with Crippen LogP contribution in [0, 0.1) is 5.82 Å². The highest BCUT2D eigenvalue weighted by Gasteiger charge is 2.23. The van der Waals surface area contributed by atoms with Crippen LogP contribution in [0.1, 0.15) is 18.4 Å². The van der Waals surface area contributed by atoms with Crippen molar-refractivity contribution in [1.82, 2.24) is 9.78 Å². The molecule has 0 radical (unpaired) electrons.